The maximum atomic E-state index is 11.6. The van der Waals surface area contributed by atoms with Crippen LogP contribution in [0.1, 0.15) is 12.2 Å². The Balaban J connectivity index is 1.76. The van der Waals surface area contributed by atoms with Gasteiger partial charge in [0.1, 0.15) is 6.61 Å². The third-order valence-electron chi connectivity index (χ3n) is 2.17. The molecule has 1 N–H and O–H groups in total. The lowest BCUT2D eigenvalue weighted by atomic mass is 10.3. The van der Waals surface area contributed by atoms with Crippen LogP contribution in [0.15, 0.2) is 28.8 Å². The topological polar surface area (TPSA) is 77.2 Å². The Labute approximate surface area is 114 Å². The molecule has 0 bridgehead atoms. The zero-order chi connectivity index (χ0) is 13.7. The molecule has 0 aliphatic carbocycles. The van der Waals surface area contributed by atoms with Gasteiger partial charge in [0.05, 0.1) is 6.42 Å². The molecule has 2 rings (SSSR count). The molecule has 1 aromatic heterocycles. The number of aromatic nitrogens is 2. The first-order valence-electron chi connectivity index (χ1n) is 5.62. The number of nitrogens with one attached hydrogen (secondary N) is 1. The van der Waals surface area contributed by atoms with Crippen molar-refractivity contribution in [3.05, 3.63) is 35.1 Å². The zero-order valence-corrected chi connectivity index (χ0v) is 11.0. The molecule has 0 spiro atoms. The van der Waals surface area contributed by atoms with E-state index in [-0.39, 0.29) is 25.0 Å². The Morgan fingerprint density at radius 1 is 1.53 bits per heavy atom. The van der Waals surface area contributed by atoms with Crippen LogP contribution in [0.25, 0.3) is 0 Å². The number of anilines is 1. The van der Waals surface area contributed by atoms with Crippen LogP contribution in [0.2, 0.25) is 5.02 Å². The summed E-state index contributed by atoms with van der Waals surface area (Å²) in [5, 5.41) is 6.83. The molecule has 19 heavy (non-hydrogen) atoms. The second kappa shape index (κ2) is 6.19. The fourth-order valence-corrected chi connectivity index (χ4v) is 1.55. The van der Waals surface area contributed by atoms with Crippen LogP contribution in [0, 0.1) is 6.92 Å². The second-order valence-electron chi connectivity index (χ2n) is 3.76. The first kappa shape index (κ1) is 13.4. The van der Waals surface area contributed by atoms with E-state index in [9.17, 15) is 4.79 Å². The van der Waals surface area contributed by atoms with Crippen LogP contribution in [0.4, 0.5) is 5.69 Å². The van der Waals surface area contributed by atoms with Gasteiger partial charge in [-0.25, -0.2) is 0 Å². The third-order valence-corrected chi connectivity index (χ3v) is 2.41. The van der Waals surface area contributed by atoms with Gasteiger partial charge in [0.2, 0.25) is 5.91 Å². The van der Waals surface area contributed by atoms with Gasteiger partial charge in [-0.2, -0.15) is 4.98 Å². The number of carbonyl (C=O) groups is 1. The minimum atomic E-state index is -0.182. The van der Waals surface area contributed by atoms with Gasteiger partial charge in [-0.15, -0.1) is 0 Å². The van der Waals surface area contributed by atoms with E-state index < -0.39 is 0 Å². The van der Waals surface area contributed by atoms with Crippen LogP contribution in [-0.2, 0) is 4.79 Å². The van der Waals surface area contributed by atoms with E-state index >= 15 is 0 Å². The lowest BCUT2D eigenvalue weighted by Crippen LogP contribution is -2.15. The van der Waals surface area contributed by atoms with E-state index in [2.05, 4.69) is 15.5 Å². The van der Waals surface area contributed by atoms with Crippen LogP contribution >= 0.6 is 11.6 Å². The number of amides is 1. The fourth-order valence-electron chi connectivity index (χ4n) is 1.36. The number of halogens is 1. The highest BCUT2D eigenvalue weighted by molar-refractivity contribution is 6.30. The van der Waals surface area contributed by atoms with Gasteiger partial charge >= 0.3 is 6.08 Å². The Hall–Kier alpha value is -2.08. The molecule has 0 saturated heterocycles. The lowest BCUT2D eigenvalue weighted by Gasteiger charge is -2.05. The van der Waals surface area contributed by atoms with Crippen molar-refractivity contribution < 1.29 is 14.1 Å². The summed E-state index contributed by atoms with van der Waals surface area (Å²) in [4.78, 5) is 15.5. The molecule has 0 radical (unpaired) electrons. The number of ether oxygens (including phenoxy) is 1. The van der Waals surface area contributed by atoms with Crippen molar-refractivity contribution in [1.82, 2.24) is 10.1 Å². The summed E-state index contributed by atoms with van der Waals surface area (Å²) in [6.45, 7) is 1.84. The van der Waals surface area contributed by atoms with Crippen LogP contribution in [0.3, 0.4) is 0 Å². The summed E-state index contributed by atoms with van der Waals surface area (Å²) in [6.07, 6.45) is 0.238. The lowest BCUT2D eigenvalue weighted by molar-refractivity contribution is -0.116. The predicted octanol–water partition coefficient (Wildman–Crippen LogP) is 2.44. The van der Waals surface area contributed by atoms with Gasteiger partial charge in [-0.3, -0.25) is 9.32 Å². The molecule has 0 fully saturated rings. The van der Waals surface area contributed by atoms with Crippen LogP contribution in [-0.4, -0.2) is 22.7 Å². The molecule has 1 amide bonds. The molecule has 0 aliphatic rings. The van der Waals surface area contributed by atoms with E-state index in [1.165, 1.54) is 0 Å². The maximum absolute atomic E-state index is 11.6. The number of nitrogens with zero attached hydrogens (tertiary/aromatic N) is 2. The Bertz CT molecular complexity index is 571. The molecule has 0 saturated carbocycles. The number of hydrogen-bond donors (Lipinski definition) is 1. The van der Waals surface area contributed by atoms with Crippen LogP contribution < -0.4 is 10.1 Å². The number of hydrogen-bond acceptors (Lipinski definition) is 5. The van der Waals surface area contributed by atoms with Crippen molar-refractivity contribution in [1.29, 1.82) is 0 Å². The standard InChI is InChI=1S/C12H12ClN3O3/c1-8-14-12(19-16-8)18-6-5-11(17)15-10-4-2-3-9(13)7-10/h2-4,7H,5-6H2,1H3,(H,15,17). The van der Waals surface area contributed by atoms with E-state index in [1.807, 2.05) is 0 Å². The van der Waals surface area contributed by atoms with E-state index in [4.69, 9.17) is 20.9 Å². The largest absolute Gasteiger partial charge is 0.448 e. The second-order valence-corrected chi connectivity index (χ2v) is 4.20. The summed E-state index contributed by atoms with van der Waals surface area (Å²) in [5.74, 6) is 0.303. The summed E-state index contributed by atoms with van der Waals surface area (Å²) < 4.78 is 9.88. The van der Waals surface area contributed by atoms with Gasteiger partial charge in [-0.05, 0) is 25.1 Å². The molecular weight excluding hydrogens is 270 g/mol. The monoisotopic (exact) mass is 281 g/mol. The first-order chi connectivity index (χ1) is 9.13. The molecule has 1 aromatic carbocycles. The SMILES string of the molecule is Cc1noc(OCCC(=O)Nc2cccc(Cl)c2)n1. The van der Waals surface area contributed by atoms with Gasteiger partial charge in [-0.1, -0.05) is 22.8 Å². The summed E-state index contributed by atoms with van der Waals surface area (Å²) in [5.41, 5.74) is 0.645. The van der Waals surface area contributed by atoms with Crippen molar-refractivity contribution in [2.24, 2.45) is 0 Å². The number of aryl methyl sites for hydroxylation is 1. The Morgan fingerprint density at radius 3 is 3.05 bits per heavy atom. The summed E-state index contributed by atoms with van der Waals surface area (Å²) in [6, 6.07) is 6.92. The highest BCUT2D eigenvalue weighted by Crippen LogP contribution is 2.15. The quantitative estimate of drug-likeness (QED) is 0.911. The van der Waals surface area contributed by atoms with E-state index in [0.717, 1.165) is 0 Å². The fraction of sp³-hybridized carbons (Fsp3) is 0.250. The average molecular weight is 282 g/mol. The molecule has 7 heteroatoms. The van der Waals surface area contributed by atoms with Crippen LogP contribution in [0.5, 0.6) is 6.08 Å². The minimum Gasteiger partial charge on any atom is -0.448 e. The van der Waals surface area contributed by atoms with Gasteiger partial charge in [0, 0.05) is 10.7 Å². The maximum Gasteiger partial charge on any atom is 0.417 e. The molecule has 1 heterocycles. The minimum absolute atomic E-state index is 0.0630. The molecule has 100 valence electrons. The van der Waals surface area contributed by atoms with Crippen molar-refractivity contribution in [3.8, 4) is 6.08 Å². The smallest absolute Gasteiger partial charge is 0.417 e. The molecule has 2 aromatic rings. The van der Waals surface area contributed by atoms with Gasteiger partial charge < -0.3 is 10.1 Å². The highest BCUT2D eigenvalue weighted by atomic mass is 35.5. The van der Waals surface area contributed by atoms with Crippen molar-refractivity contribution in [2.75, 3.05) is 11.9 Å². The van der Waals surface area contributed by atoms with Gasteiger partial charge in [0.15, 0.2) is 5.82 Å². The first-order valence-corrected chi connectivity index (χ1v) is 6.00. The highest BCUT2D eigenvalue weighted by Gasteiger charge is 2.06. The number of rotatable bonds is 5. The average Bonchev–Trinajstić information content (AvgIpc) is 2.75. The van der Waals surface area contributed by atoms with Gasteiger partial charge in [0.25, 0.3) is 0 Å². The normalized spacial score (nSPS) is 10.2. The predicted molar refractivity (Wildman–Crippen MR) is 69.2 cm³/mol. The van der Waals surface area contributed by atoms with E-state index in [1.54, 1.807) is 31.2 Å². The summed E-state index contributed by atoms with van der Waals surface area (Å²) in [7, 11) is 0. The number of carbonyl (C=O) groups excluding carboxylic acids is 1. The summed E-state index contributed by atoms with van der Waals surface area (Å²) >= 11 is 5.81. The molecule has 0 atom stereocenters. The Kier molecular flexibility index (Phi) is 4.35. The van der Waals surface area contributed by atoms with Crippen molar-refractivity contribution in [3.63, 3.8) is 0 Å². The molecule has 6 nitrogen and oxygen atoms in total. The van der Waals surface area contributed by atoms with E-state index in [0.29, 0.717) is 16.5 Å². The molecule has 0 unspecified atom stereocenters. The zero-order valence-electron chi connectivity index (χ0n) is 10.2. The third kappa shape index (κ3) is 4.26. The Morgan fingerprint density at radius 2 is 2.37 bits per heavy atom. The van der Waals surface area contributed by atoms with Crippen molar-refractivity contribution >= 4 is 23.2 Å². The molecular formula is C12H12ClN3O3. The molecule has 0 aliphatic heterocycles. The van der Waals surface area contributed by atoms with Crippen molar-refractivity contribution in [2.45, 2.75) is 13.3 Å². The number of benzene rings is 1.